The third kappa shape index (κ3) is 5.57. The summed E-state index contributed by atoms with van der Waals surface area (Å²) in [6.45, 7) is 12.3. The summed E-state index contributed by atoms with van der Waals surface area (Å²) in [6.07, 6.45) is 3.72. The molecule has 1 aliphatic heterocycles. The molecule has 0 saturated carbocycles. The second-order valence-corrected chi connectivity index (χ2v) is 9.06. The Morgan fingerprint density at radius 3 is 2.40 bits per heavy atom. The summed E-state index contributed by atoms with van der Waals surface area (Å²) in [4.78, 5) is 8.98. The van der Waals surface area contributed by atoms with Gasteiger partial charge in [-0.2, -0.15) is 0 Å². The van der Waals surface area contributed by atoms with Gasteiger partial charge in [-0.05, 0) is 50.7 Å². The number of aromatic nitrogens is 3. The quantitative estimate of drug-likeness (QED) is 0.807. The molecule has 0 amide bonds. The monoisotopic (exact) mass is 378 g/mol. The predicted octanol–water partition coefficient (Wildman–Crippen LogP) is 3.05. The molecule has 3 rings (SSSR count). The van der Waals surface area contributed by atoms with Crippen molar-refractivity contribution < 1.29 is 0 Å². The molecule has 0 radical (unpaired) electrons. The summed E-state index contributed by atoms with van der Waals surface area (Å²) in [7, 11) is 0. The largest absolute Gasteiger partial charge is 0.356 e. The first kappa shape index (κ1) is 18.4. The summed E-state index contributed by atoms with van der Waals surface area (Å²) in [5.74, 6) is 0. The highest BCUT2D eigenvalue weighted by atomic mass is 32.1. The first-order chi connectivity index (χ1) is 11.9. The fourth-order valence-electron chi connectivity index (χ4n) is 2.79. The van der Waals surface area contributed by atoms with Gasteiger partial charge in [-0.1, -0.05) is 11.3 Å². The third-order valence-corrected chi connectivity index (χ3v) is 5.27. The van der Waals surface area contributed by atoms with Crippen LogP contribution in [-0.4, -0.2) is 56.3 Å². The van der Waals surface area contributed by atoms with Crippen LogP contribution >= 0.6 is 23.6 Å². The first-order valence-corrected chi connectivity index (χ1v) is 9.81. The third-order valence-electron chi connectivity index (χ3n) is 4.04. The lowest BCUT2D eigenvalue weighted by atomic mass is 10.1. The molecule has 1 fully saturated rings. The zero-order valence-corrected chi connectivity index (χ0v) is 16.7. The van der Waals surface area contributed by atoms with Crippen LogP contribution in [0.2, 0.25) is 0 Å². The van der Waals surface area contributed by atoms with Gasteiger partial charge in [-0.3, -0.25) is 14.8 Å². The average Bonchev–Trinajstić information content (AvgIpc) is 2.87. The standard InChI is InChI=1S/C17H26N6S2/c1-17(2,3)19-15-20-23(16(24)25-15)13-22-10-8-21(9-11-22)12-14-4-6-18-7-5-14/h4-7H,8-13H2,1-3H3,(H,19,20). The van der Waals surface area contributed by atoms with Crippen molar-refractivity contribution >= 4 is 28.7 Å². The topological polar surface area (TPSA) is 49.2 Å². The van der Waals surface area contributed by atoms with Gasteiger partial charge < -0.3 is 5.32 Å². The molecule has 136 valence electrons. The number of rotatable bonds is 5. The molecule has 1 saturated heterocycles. The van der Waals surface area contributed by atoms with Crippen molar-refractivity contribution in [3.05, 3.63) is 34.0 Å². The van der Waals surface area contributed by atoms with Gasteiger partial charge >= 0.3 is 0 Å². The SMILES string of the molecule is CC(C)(C)Nc1nn(CN2CCN(Cc3ccncc3)CC2)c(=S)s1. The van der Waals surface area contributed by atoms with Crippen molar-refractivity contribution in [2.24, 2.45) is 0 Å². The molecule has 3 heterocycles. The van der Waals surface area contributed by atoms with Crippen LogP contribution in [-0.2, 0) is 13.2 Å². The van der Waals surface area contributed by atoms with Crippen LogP contribution in [0.5, 0.6) is 0 Å². The fraction of sp³-hybridized carbons (Fsp3) is 0.588. The van der Waals surface area contributed by atoms with Crippen molar-refractivity contribution in [1.82, 2.24) is 24.6 Å². The predicted molar refractivity (Wildman–Crippen MR) is 105 cm³/mol. The molecule has 0 unspecified atom stereocenters. The van der Waals surface area contributed by atoms with Crippen molar-refractivity contribution in [1.29, 1.82) is 0 Å². The van der Waals surface area contributed by atoms with Crippen molar-refractivity contribution in [3.63, 3.8) is 0 Å². The maximum absolute atomic E-state index is 5.48. The molecule has 0 spiro atoms. The molecule has 0 bridgehead atoms. The van der Waals surface area contributed by atoms with Gasteiger partial charge in [0.2, 0.25) is 5.13 Å². The van der Waals surface area contributed by atoms with Crippen LogP contribution in [0.1, 0.15) is 26.3 Å². The summed E-state index contributed by atoms with van der Waals surface area (Å²) in [5, 5.41) is 8.93. The number of pyridine rings is 1. The molecule has 1 N–H and O–H groups in total. The molecule has 8 heteroatoms. The Bertz CT molecular complexity index is 726. The Morgan fingerprint density at radius 2 is 1.76 bits per heavy atom. The van der Waals surface area contributed by atoms with E-state index in [4.69, 9.17) is 12.2 Å². The Kier molecular flexibility index (Phi) is 5.83. The summed E-state index contributed by atoms with van der Waals surface area (Å²) >= 11 is 7.02. The average molecular weight is 379 g/mol. The van der Waals surface area contributed by atoms with E-state index in [-0.39, 0.29) is 5.54 Å². The Hall–Kier alpha value is -1.35. The van der Waals surface area contributed by atoms with E-state index in [0.717, 1.165) is 48.5 Å². The molecule has 0 aliphatic carbocycles. The van der Waals surface area contributed by atoms with Crippen LogP contribution in [0.25, 0.3) is 0 Å². The Labute approximate surface area is 158 Å². The summed E-state index contributed by atoms with van der Waals surface area (Å²) in [6, 6.07) is 4.18. The highest BCUT2D eigenvalue weighted by Gasteiger charge is 2.19. The Balaban J connectivity index is 1.51. The normalized spacial score (nSPS) is 16.9. The smallest absolute Gasteiger partial charge is 0.205 e. The highest BCUT2D eigenvalue weighted by Crippen LogP contribution is 2.19. The second-order valence-electron chi connectivity index (χ2n) is 7.44. The number of nitrogens with zero attached hydrogens (tertiary/aromatic N) is 5. The maximum Gasteiger partial charge on any atom is 0.205 e. The van der Waals surface area contributed by atoms with E-state index in [9.17, 15) is 0 Å². The van der Waals surface area contributed by atoms with Crippen LogP contribution in [0.4, 0.5) is 5.13 Å². The van der Waals surface area contributed by atoms with Crippen molar-refractivity contribution in [3.8, 4) is 0 Å². The van der Waals surface area contributed by atoms with Crippen LogP contribution in [0, 0.1) is 3.95 Å². The zero-order valence-electron chi connectivity index (χ0n) is 15.1. The minimum absolute atomic E-state index is 0.00393. The lowest BCUT2D eigenvalue weighted by Crippen LogP contribution is -2.46. The van der Waals surface area contributed by atoms with Crippen LogP contribution < -0.4 is 5.32 Å². The highest BCUT2D eigenvalue weighted by molar-refractivity contribution is 7.73. The van der Waals surface area contributed by atoms with E-state index in [0.29, 0.717) is 0 Å². The molecular formula is C17H26N6S2. The van der Waals surface area contributed by atoms with E-state index < -0.39 is 0 Å². The van der Waals surface area contributed by atoms with Gasteiger partial charge in [0, 0.05) is 50.7 Å². The van der Waals surface area contributed by atoms with Gasteiger partial charge in [0.25, 0.3) is 0 Å². The fourth-order valence-corrected chi connectivity index (χ4v) is 3.99. The minimum Gasteiger partial charge on any atom is -0.356 e. The first-order valence-electron chi connectivity index (χ1n) is 8.59. The second kappa shape index (κ2) is 7.90. The molecule has 0 aromatic carbocycles. The lowest BCUT2D eigenvalue weighted by molar-refractivity contribution is 0.0985. The summed E-state index contributed by atoms with van der Waals surface area (Å²) in [5.41, 5.74) is 1.32. The van der Waals surface area contributed by atoms with E-state index in [2.05, 4.69) is 58.1 Å². The van der Waals surface area contributed by atoms with Gasteiger partial charge in [-0.15, -0.1) is 5.10 Å². The lowest BCUT2D eigenvalue weighted by Gasteiger charge is -2.34. The molecule has 6 nitrogen and oxygen atoms in total. The molecular weight excluding hydrogens is 352 g/mol. The number of hydrogen-bond acceptors (Lipinski definition) is 7. The van der Waals surface area contributed by atoms with E-state index >= 15 is 0 Å². The zero-order chi connectivity index (χ0) is 17.9. The molecule has 1 aliphatic rings. The van der Waals surface area contributed by atoms with E-state index in [1.165, 1.54) is 5.56 Å². The van der Waals surface area contributed by atoms with Gasteiger partial charge in [0.05, 0.1) is 6.67 Å². The van der Waals surface area contributed by atoms with Gasteiger partial charge in [-0.25, -0.2) is 4.68 Å². The van der Waals surface area contributed by atoms with Crippen LogP contribution in [0.15, 0.2) is 24.5 Å². The van der Waals surface area contributed by atoms with Gasteiger partial charge in [0.1, 0.15) is 0 Å². The van der Waals surface area contributed by atoms with Crippen molar-refractivity contribution in [2.45, 2.75) is 39.5 Å². The van der Waals surface area contributed by atoms with E-state index in [1.54, 1.807) is 11.3 Å². The van der Waals surface area contributed by atoms with Crippen LogP contribution in [0.3, 0.4) is 0 Å². The Morgan fingerprint density at radius 1 is 1.12 bits per heavy atom. The number of nitrogens with one attached hydrogen (secondary N) is 1. The number of piperazine rings is 1. The minimum atomic E-state index is -0.00393. The number of hydrogen-bond donors (Lipinski definition) is 1. The maximum atomic E-state index is 5.48. The van der Waals surface area contributed by atoms with Crippen molar-refractivity contribution in [2.75, 3.05) is 31.5 Å². The van der Waals surface area contributed by atoms with Gasteiger partial charge in [0.15, 0.2) is 3.95 Å². The summed E-state index contributed by atoms with van der Waals surface area (Å²) < 4.78 is 2.76. The van der Waals surface area contributed by atoms with E-state index in [1.807, 2.05) is 17.1 Å². The molecule has 25 heavy (non-hydrogen) atoms. The molecule has 2 aromatic rings. The molecule has 0 atom stereocenters. The number of anilines is 1. The molecule has 2 aromatic heterocycles.